The predicted molar refractivity (Wildman–Crippen MR) is 244 cm³/mol. The van der Waals surface area contributed by atoms with E-state index in [1.807, 2.05) is 30.3 Å². The minimum Gasteiger partial charge on any atom is -0.490 e. The van der Waals surface area contributed by atoms with E-state index in [0.717, 1.165) is 49.7 Å². The second-order valence-corrected chi connectivity index (χ2v) is 16.4. The molecule has 0 aliphatic rings. The van der Waals surface area contributed by atoms with Crippen LogP contribution in [0, 0.1) is 0 Å². The SMILES string of the molecule is C=Cc1ccc(COC(=O)c2cc(OCCCCCCCCCCCC)c(OCCCCCCCCCCCC)c(OCCCCCCCCCCCC)c2)cc1. The van der Waals surface area contributed by atoms with Crippen LogP contribution in [-0.2, 0) is 11.3 Å². The molecule has 0 N–H and O–H groups in total. The minimum atomic E-state index is -0.392. The van der Waals surface area contributed by atoms with Gasteiger partial charge in [0.25, 0.3) is 0 Å². The molecule has 324 valence electrons. The van der Waals surface area contributed by atoms with Gasteiger partial charge in [-0.15, -0.1) is 0 Å². The van der Waals surface area contributed by atoms with E-state index in [1.165, 1.54) is 154 Å². The molecule has 5 nitrogen and oxygen atoms in total. The van der Waals surface area contributed by atoms with E-state index >= 15 is 0 Å². The quantitative estimate of drug-likeness (QED) is 0.0497. The van der Waals surface area contributed by atoms with Crippen LogP contribution in [0.4, 0.5) is 0 Å². The summed E-state index contributed by atoms with van der Waals surface area (Å²) in [6.07, 6.45) is 39.9. The highest BCUT2D eigenvalue weighted by atomic mass is 16.5. The van der Waals surface area contributed by atoms with Gasteiger partial charge in [-0.3, -0.25) is 0 Å². The second kappa shape index (κ2) is 36.2. The first-order valence-electron chi connectivity index (χ1n) is 24.1. The lowest BCUT2D eigenvalue weighted by molar-refractivity contribution is 0.0471. The fraction of sp³-hybridized carbons (Fsp3) is 0.712. The average molecular weight is 791 g/mol. The number of carbonyl (C=O) groups excluding carboxylic acids is 1. The lowest BCUT2D eigenvalue weighted by Gasteiger charge is -2.19. The predicted octanol–water partition coefficient (Wildman–Crippen LogP) is 16.6. The Balaban J connectivity index is 2.07. The number of esters is 1. The van der Waals surface area contributed by atoms with Crippen molar-refractivity contribution in [3.05, 3.63) is 59.7 Å². The highest BCUT2D eigenvalue weighted by Crippen LogP contribution is 2.40. The molecule has 0 saturated heterocycles. The Hall–Kier alpha value is -2.95. The summed E-state index contributed by atoms with van der Waals surface area (Å²) in [5.74, 6) is 1.40. The Morgan fingerprint density at radius 3 is 1.16 bits per heavy atom. The topological polar surface area (TPSA) is 54.0 Å². The molecule has 0 heterocycles. The molecule has 0 amide bonds. The summed E-state index contributed by atoms with van der Waals surface area (Å²) in [6, 6.07) is 11.5. The molecular weight excluding hydrogens is 705 g/mol. The molecule has 57 heavy (non-hydrogen) atoms. The third kappa shape index (κ3) is 25.9. The van der Waals surface area contributed by atoms with Crippen molar-refractivity contribution in [2.45, 2.75) is 220 Å². The maximum atomic E-state index is 13.5. The number of rotatable bonds is 40. The van der Waals surface area contributed by atoms with E-state index in [2.05, 4.69) is 27.4 Å². The summed E-state index contributed by atoms with van der Waals surface area (Å²) < 4.78 is 25.3. The molecule has 0 spiro atoms. The van der Waals surface area contributed by atoms with Crippen molar-refractivity contribution < 1.29 is 23.7 Å². The van der Waals surface area contributed by atoms with Crippen molar-refractivity contribution >= 4 is 12.0 Å². The monoisotopic (exact) mass is 791 g/mol. The van der Waals surface area contributed by atoms with Crippen LogP contribution >= 0.6 is 0 Å². The van der Waals surface area contributed by atoms with Gasteiger partial charge in [0.1, 0.15) is 6.61 Å². The summed E-state index contributed by atoms with van der Waals surface area (Å²) in [5, 5.41) is 0. The Labute approximate surface area is 351 Å². The zero-order chi connectivity index (χ0) is 40.9. The Bertz CT molecular complexity index is 1190. The van der Waals surface area contributed by atoms with E-state index in [-0.39, 0.29) is 6.61 Å². The average Bonchev–Trinajstić information content (AvgIpc) is 3.23. The molecule has 5 heteroatoms. The van der Waals surface area contributed by atoms with Gasteiger partial charge in [0.15, 0.2) is 11.5 Å². The maximum absolute atomic E-state index is 13.5. The van der Waals surface area contributed by atoms with Gasteiger partial charge >= 0.3 is 5.97 Å². The van der Waals surface area contributed by atoms with Crippen LogP contribution in [0.1, 0.15) is 235 Å². The summed E-state index contributed by atoms with van der Waals surface area (Å²) >= 11 is 0. The first-order chi connectivity index (χ1) is 28.1. The van der Waals surface area contributed by atoms with Crippen LogP contribution in [-0.4, -0.2) is 25.8 Å². The Morgan fingerprint density at radius 2 is 0.807 bits per heavy atom. The highest BCUT2D eigenvalue weighted by molar-refractivity contribution is 5.91. The standard InChI is InChI=1S/C52H86O5/c1-5-9-12-15-18-21-24-27-30-33-40-54-49-43-48(52(53)57-45-47-38-36-46(8-4)37-39-47)44-50(55-41-34-31-28-25-22-19-16-13-10-6-2)51(49)56-42-35-32-29-26-23-20-17-14-11-7-3/h8,36-39,43-44H,4-7,9-35,40-42,45H2,1-3H3. The van der Waals surface area contributed by atoms with Crippen LogP contribution in [0.25, 0.3) is 6.08 Å². The molecule has 2 aromatic rings. The first kappa shape index (κ1) is 50.2. The smallest absolute Gasteiger partial charge is 0.338 e. The molecule has 0 radical (unpaired) electrons. The molecule has 0 unspecified atom stereocenters. The normalized spacial score (nSPS) is 11.1. The molecule has 0 fully saturated rings. The second-order valence-electron chi connectivity index (χ2n) is 16.4. The summed E-state index contributed by atoms with van der Waals surface area (Å²) in [4.78, 5) is 13.5. The largest absolute Gasteiger partial charge is 0.490 e. The minimum absolute atomic E-state index is 0.191. The van der Waals surface area contributed by atoms with Crippen molar-refractivity contribution in [2.75, 3.05) is 19.8 Å². The number of benzene rings is 2. The molecule has 0 aliphatic carbocycles. The van der Waals surface area contributed by atoms with E-state index in [0.29, 0.717) is 42.6 Å². The van der Waals surface area contributed by atoms with Gasteiger partial charge in [-0.2, -0.15) is 0 Å². The number of unbranched alkanes of at least 4 members (excludes halogenated alkanes) is 27. The fourth-order valence-electron chi connectivity index (χ4n) is 7.34. The van der Waals surface area contributed by atoms with Gasteiger partial charge in [-0.1, -0.05) is 231 Å². The van der Waals surface area contributed by atoms with Crippen molar-refractivity contribution in [3.63, 3.8) is 0 Å². The first-order valence-corrected chi connectivity index (χ1v) is 24.1. The highest BCUT2D eigenvalue weighted by Gasteiger charge is 2.20. The fourth-order valence-corrected chi connectivity index (χ4v) is 7.34. The van der Waals surface area contributed by atoms with Crippen molar-refractivity contribution in [3.8, 4) is 17.2 Å². The van der Waals surface area contributed by atoms with Crippen LogP contribution in [0.5, 0.6) is 17.2 Å². The van der Waals surface area contributed by atoms with Crippen molar-refractivity contribution in [1.29, 1.82) is 0 Å². The third-order valence-corrected chi connectivity index (χ3v) is 11.1. The summed E-state index contributed by atoms with van der Waals surface area (Å²) in [5.41, 5.74) is 2.40. The van der Waals surface area contributed by atoms with Crippen LogP contribution in [0.3, 0.4) is 0 Å². The molecular formula is C52H86O5. The number of ether oxygens (including phenoxy) is 4. The van der Waals surface area contributed by atoms with Gasteiger partial charge in [0.05, 0.1) is 25.4 Å². The van der Waals surface area contributed by atoms with E-state index in [4.69, 9.17) is 18.9 Å². The third-order valence-electron chi connectivity index (χ3n) is 11.1. The maximum Gasteiger partial charge on any atom is 0.338 e. The molecule has 0 atom stereocenters. The molecule has 2 rings (SSSR count). The van der Waals surface area contributed by atoms with Gasteiger partial charge < -0.3 is 18.9 Å². The van der Waals surface area contributed by atoms with Gasteiger partial charge in [-0.05, 0) is 42.5 Å². The van der Waals surface area contributed by atoms with Gasteiger partial charge in [-0.25, -0.2) is 4.79 Å². The molecule has 0 aromatic heterocycles. The van der Waals surface area contributed by atoms with Gasteiger partial charge in [0.2, 0.25) is 5.75 Å². The lowest BCUT2D eigenvalue weighted by Crippen LogP contribution is -2.10. The van der Waals surface area contributed by atoms with E-state index in [1.54, 1.807) is 12.1 Å². The zero-order valence-corrected chi connectivity index (χ0v) is 37.3. The number of hydrogen-bond donors (Lipinski definition) is 0. The van der Waals surface area contributed by atoms with Crippen molar-refractivity contribution in [2.24, 2.45) is 0 Å². The van der Waals surface area contributed by atoms with E-state index in [9.17, 15) is 4.79 Å². The van der Waals surface area contributed by atoms with Crippen LogP contribution in [0.15, 0.2) is 43.0 Å². The van der Waals surface area contributed by atoms with Crippen molar-refractivity contribution in [1.82, 2.24) is 0 Å². The summed E-state index contributed by atoms with van der Waals surface area (Å²) in [6.45, 7) is 12.6. The Kier molecular flexibility index (Phi) is 31.8. The summed E-state index contributed by atoms with van der Waals surface area (Å²) in [7, 11) is 0. The molecule has 0 saturated carbocycles. The molecule has 0 bridgehead atoms. The van der Waals surface area contributed by atoms with Crippen LogP contribution < -0.4 is 14.2 Å². The number of carbonyl (C=O) groups is 1. The van der Waals surface area contributed by atoms with Crippen LogP contribution in [0.2, 0.25) is 0 Å². The lowest BCUT2D eigenvalue weighted by atomic mass is 10.1. The van der Waals surface area contributed by atoms with Gasteiger partial charge in [0, 0.05) is 0 Å². The Morgan fingerprint density at radius 1 is 0.474 bits per heavy atom. The molecule has 2 aromatic carbocycles. The number of hydrogen-bond acceptors (Lipinski definition) is 5. The van der Waals surface area contributed by atoms with E-state index < -0.39 is 5.97 Å². The molecule has 0 aliphatic heterocycles. The zero-order valence-electron chi connectivity index (χ0n) is 37.3.